The maximum atomic E-state index is 13.1. The van der Waals surface area contributed by atoms with Crippen LogP contribution in [0.1, 0.15) is 27.8 Å². The second kappa shape index (κ2) is 7.75. The topological polar surface area (TPSA) is 78.3 Å². The first-order valence-corrected chi connectivity index (χ1v) is 8.75. The molecule has 11 heteroatoms. The molecule has 0 bridgehead atoms. The van der Waals surface area contributed by atoms with E-state index in [-0.39, 0.29) is 29.9 Å². The summed E-state index contributed by atoms with van der Waals surface area (Å²) >= 11 is 0. The Bertz CT molecular complexity index is 1050. The molecule has 1 unspecified atom stereocenters. The van der Waals surface area contributed by atoms with E-state index >= 15 is 0 Å². The Kier molecular flexibility index (Phi) is 5.12. The van der Waals surface area contributed by atoms with Crippen LogP contribution in [0.5, 0.6) is 5.75 Å². The molecule has 1 N–H and O–H groups in total. The summed E-state index contributed by atoms with van der Waals surface area (Å²) in [6.07, 6.45) is -5.16. The van der Waals surface area contributed by atoms with Crippen molar-refractivity contribution in [3.8, 4) is 5.75 Å². The van der Waals surface area contributed by atoms with E-state index in [4.69, 9.17) is 4.74 Å². The van der Waals surface area contributed by atoms with E-state index in [0.717, 1.165) is 17.7 Å². The van der Waals surface area contributed by atoms with Crippen molar-refractivity contribution in [2.24, 2.45) is 0 Å². The maximum Gasteiger partial charge on any atom is 0.573 e. The number of rotatable bonds is 4. The third-order valence-electron chi connectivity index (χ3n) is 4.40. The van der Waals surface area contributed by atoms with Gasteiger partial charge in [0, 0.05) is 5.69 Å². The zero-order chi connectivity index (χ0) is 21.3. The monoisotopic (exact) mass is 422 g/mol. The number of nitrogens with zero attached hydrogens (tertiary/aromatic N) is 3. The SMILES string of the molecule is O=C(Nc1ccc(OC(F)(F)F)cc1)c1nnn2c1COC(c1ccc(F)cc1)C2. The summed E-state index contributed by atoms with van der Waals surface area (Å²) in [5.41, 5.74) is 1.54. The molecule has 0 saturated heterocycles. The van der Waals surface area contributed by atoms with E-state index in [1.807, 2.05) is 0 Å². The zero-order valence-corrected chi connectivity index (χ0v) is 15.2. The lowest BCUT2D eigenvalue weighted by molar-refractivity contribution is -0.274. The molecule has 4 rings (SSSR count). The molecule has 0 saturated carbocycles. The number of benzene rings is 2. The lowest BCUT2D eigenvalue weighted by atomic mass is 10.1. The molecular weight excluding hydrogens is 408 g/mol. The van der Waals surface area contributed by atoms with Gasteiger partial charge in [0.1, 0.15) is 17.7 Å². The molecule has 0 radical (unpaired) electrons. The number of aromatic nitrogens is 3. The van der Waals surface area contributed by atoms with E-state index in [2.05, 4.69) is 20.4 Å². The fourth-order valence-corrected chi connectivity index (χ4v) is 3.00. The number of fused-ring (bicyclic) bond motifs is 1. The van der Waals surface area contributed by atoms with Crippen molar-refractivity contribution < 1.29 is 31.8 Å². The van der Waals surface area contributed by atoms with E-state index in [1.165, 1.54) is 28.9 Å². The predicted octanol–water partition coefficient (Wildman–Crippen LogP) is 3.84. The van der Waals surface area contributed by atoms with E-state index in [9.17, 15) is 22.4 Å². The lowest BCUT2D eigenvalue weighted by Gasteiger charge is -2.24. The van der Waals surface area contributed by atoms with Crippen LogP contribution in [0.15, 0.2) is 48.5 Å². The minimum atomic E-state index is -4.79. The third-order valence-corrected chi connectivity index (χ3v) is 4.40. The molecule has 30 heavy (non-hydrogen) atoms. The third kappa shape index (κ3) is 4.40. The number of ether oxygens (including phenoxy) is 2. The van der Waals surface area contributed by atoms with Crippen molar-refractivity contribution >= 4 is 11.6 Å². The maximum absolute atomic E-state index is 13.1. The summed E-state index contributed by atoms with van der Waals surface area (Å²) < 4.78 is 60.8. The van der Waals surface area contributed by atoms with Crippen molar-refractivity contribution in [1.82, 2.24) is 15.0 Å². The highest BCUT2D eigenvalue weighted by Gasteiger charge is 2.31. The largest absolute Gasteiger partial charge is 0.573 e. The van der Waals surface area contributed by atoms with Crippen molar-refractivity contribution in [3.05, 3.63) is 71.3 Å². The lowest BCUT2D eigenvalue weighted by Crippen LogP contribution is -2.24. The summed E-state index contributed by atoms with van der Waals surface area (Å²) in [5.74, 6) is -1.33. The van der Waals surface area contributed by atoms with Crippen LogP contribution in [-0.2, 0) is 17.9 Å². The predicted molar refractivity (Wildman–Crippen MR) is 95.0 cm³/mol. The van der Waals surface area contributed by atoms with Gasteiger partial charge in [-0.25, -0.2) is 9.07 Å². The Morgan fingerprint density at radius 2 is 1.83 bits per heavy atom. The summed E-state index contributed by atoms with van der Waals surface area (Å²) in [5, 5.41) is 10.4. The van der Waals surface area contributed by atoms with Crippen LogP contribution in [0, 0.1) is 5.82 Å². The number of hydrogen-bond donors (Lipinski definition) is 1. The number of carbonyl (C=O) groups is 1. The van der Waals surface area contributed by atoms with Gasteiger partial charge in [0.2, 0.25) is 0 Å². The molecular formula is C19H14F4N4O3. The standard InChI is InChI=1S/C19H14F4N4O3/c20-12-3-1-11(2-4-12)16-9-27-15(10-29-16)17(25-26-27)18(28)24-13-5-7-14(8-6-13)30-19(21,22)23/h1-8,16H,9-10H2,(H,24,28). The van der Waals surface area contributed by atoms with Gasteiger partial charge < -0.3 is 14.8 Å². The molecule has 1 atom stereocenters. The van der Waals surface area contributed by atoms with E-state index in [1.54, 1.807) is 12.1 Å². The van der Waals surface area contributed by atoms with Gasteiger partial charge in [-0.05, 0) is 42.0 Å². The van der Waals surface area contributed by atoms with Crippen molar-refractivity contribution in [2.75, 3.05) is 5.32 Å². The van der Waals surface area contributed by atoms with E-state index in [0.29, 0.717) is 12.2 Å². The number of halogens is 4. The van der Waals surface area contributed by atoms with Gasteiger partial charge in [-0.3, -0.25) is 4.79 Å². The Morgan fingerprint density at radius 1 is 1.13 bits per heavy atom. The number of amides is 1. The Hall–Kier alpha value is -3.47. The summed E-state index contributed by atoms with van der Waals surface area (Å²) in [4.78, 5) is 12.5. The molecule has 2 heterocycles. The summed E-state index contributed by atoms with van der Waals surface area (Å²) in [6, 6.07) is 10.6. The van der Waals surface area contributed by atoms with Crippen LogP contribution in [0.3, 0.4) is 0 Å². The fraction of sp³-hybridized carbons (Fsp3) is 0.211. The van der Waals surface area contributed by atoms with Crippen LogP contribution >= 0.6 is 0 Å². The fourth-order valence-electron chi connectivity index (χ4n) is 3.00. The van der Waals surface area contributed by atoms with Gasteiger partial charge >= 0.3 is 6.36 Å². The second-order valence-electron chi connectivity index (χ2n) is 6.44. The first-order chi connectivity index (χ1) is 14.3. The number of carbonyl (C=O) groups excluding carboxylic acids is 1. The Morgan fingerprint density at radius 3 is 2.50 bits per heavy atom. The second-order valence-corrected chi connectivity index (χ2v) is 6.44. The number of nitrogens with one attached hydrogen (secondary N) is 1. The summed E-state index contributed by atoms with van der Waals surface area (Å²) in [7, 11) is 0. The zero-order valence-electron chi connectivity index (χ0n) is 15.2. The van der Waals surface area contributed by atoms with Crippen LogP contribution in [0.2, 0.25) is 0 Å². The van der Waals surface area contributed by atoms with Crippen molar-refractivity contribution in [3.63, 3.8) is 0 Å². The van der Waals surface area contributed by atoms with Gasteiger partial charge in [-0.1, -0.05) is 17.3 Å². The van der Waals surface area contributed by atoms with Gasteiger partial charge in [0.15, 0.2) is 5.69 Å². The average molecular weight is 422 g/mol. The van der Waals surface area contributed by atoms with Gasteiger partial charge in [-0.2, -0.15) is 0 Å². The van der Waals surface area contributed by atoms with Gasteiger partial charge in [0.25, 0.3) is 5.91 Å². The molecule has 2 aromatic carbocycles. The molecule has 1 aliphatic rings. The van der Waals surface area contributed by atoms with Crippen LogP contribution in [0.4, 0.5) is 23.2 Å². The molecule has 0 fully saturated rings. The van der Waals surface area contributed by atoms with Gasteiger partial charge in [0.05, 0.1) is 18.8 Å². The first-order valence-electron chi connectivity index (χ1n) is 8.75. The Labute approximate surface area is 167 Å². The first kappa shape index (κ1) is 19.8. The van der Waals surface area contributed by atoms with E-state index < -0.39 is 18.0 Å². The molecule has 7 nitrogen and oxygen atoms in total. The number of hydrogen-bond acceptors (Lipinski definition) is 5. The molecule has 1 aromatic heterocycles. The van der Waals surface area contributed by atoms with Crippen LogP contribution in [-0.4, -0.2) is 27.3 Å². The normalized spacial score (nSPS) is 16.1. The number of anilines is 1. The molecule has 156 valence electrons. The molecule has 1 amide bonds. The highest BCUT2D eigenvalue weighted by Crippen LogP contribution is 2.28. The molecule has 1 aliphatic heterocycles. The quantitative estimate of drug-likeness (QED) is 0.647. The highest BCUT2D eigenvalue weighted by molar-refractivity contribution is 6.03. The molecule has 3 aromatic rings. The van der Waals surface area contributed by atoms with Crippen molar-refractivity contribution in [2.45, 2.75) is 25.6 Å². The molecule has 0 aliphatic carbocycles. The van der Waals surface area contributed by atoms with Gasteiger partial charge in [-0.15, -0.1) is 18.3 Å². The smallest absolute Gasteiger partial charge is 0.406 e. The molecule has 0 spiro atoms. The minimum Gasteiger partial charge on any atom is -0.406 e. The minimum absolute atomic E-state index is 0.0446. The summed E-state index contributed by atoms with van der Waals surface area (Å²) in [6.45, 7) is 0.362. The average Bonchev–Trinajstić information content (AvgIpc) is 3.12. The van der Waals surface area contributed by atoms with Crippen molar-refractivity contribution in [1.29, 1.82) is 0 Å². The van der Waals surface area contributed by atoms with Crippen LogP contribution in [0.25, 0.3) is 0 Å². The highest BCUT2D eigenvalue weighted by atomic mass is 19.4. The Balaban J connectivity index is 1.44. The van der Waals surface area contributed by atoms with Crippen LogP contribution < -0.4 is 10.1 Å². The number of alkyl halides is 3.